The molecule has 4 nitrogen and oxygen atoms in total. The average Bonchev–Trinajstić information content (AvgIpc) is 3.14. The maximum absolute atomic E-state index is 8.79. The van der Waals surface area contributed by atoms with Gasteiger partial charge in [-0.2, -0.15) is 0 Å². The molecule has 0 bridgehead atoms. The second-order valence-electron chi connectivity index (χ2n) is 6.38. The van der Waals surface area contributed by atoms with Crippen molar-refractivity contribution >= 4 is 27.9 Å². The lowest BCUT2D eigenvalue weighted by atomic mass is 10.1. The first-order valence-electron chi connectivity index (χ1n) is 8.82. The number of fused-ring (bicyclic) bond motifs is 1. The highest BCUT2D eigenvalue weighted by molar-refractivity contribution is 7.10. The molecule has 0 atom stereocenters. The van der Waals surface area contributed by atoms with E-state index in [1.54, 1.807) is 11.3 Å². The molecule has 2 aromatic heterocycles. The predicted octanol–water partition coefficient (Wildman–Crippen LogP) is 2.96. The van der Waals surface area contributed by atoms with Crippen molar-refractivity contribution in [2.45, 2.75) is 6.54 Å². The van der Waals surface area contributed by atoms with Crippen LogP contribution in [0.4, 0.5) is 5.82 Å². The molecule has 0 spiro atoms. The Morgan fingerprint density at radius 3 is 2.81 bits per heavy atom. The summed E-state index contributed by atoms with van der Waals surface area (Å²) < 4.78 is 0. The molecule has 1 aliphatic rings. The largest absolute Gasteiger partial charge is 0.384 e. The Balaban J connectivity index is 1.40. The van der Waals surface area contributed by atoms with Crippen LogP contribution >= 0.6 is 11.3 Å². The molecule has 3 aromatic rings. The summed E-state index contributed by atoms with van der Waals surface area (Å²) in [5, 5.41) is 13.3. The summed E-state index contributed by atoms with van der Waals surface area (Å²) in [5.74, 6) is 6.78. The van der Waals surface area contributed by atoms with E-state index in [1.165, 1.54) is 15.6 Å². The minimum Gasteiger partial charge on any atom is -0.384 e. The third kappa shape index (κ3) is 3.73. The van der Waals surface area contributed by atoms with Gasteiger partial charge in [0.05, 0.1) is 0 Å². The first-order valence-corrected chi connectivity index (χ1v) is 9.69. The second-order valence-corrected chi connectivity index (χ2v) is 7.38. The fourth-order valence-corrected chi connectivity index (χ4v) is 4.22. The lowest BCUT2D eigenvalue weighted by Crippen LogP contribution is -2.46. The number of nitrogens with zero attached hydrogens (tertiary/aromatic N) is 3. The van der Waals surface area contributed by atoms with Crippen LogP contribution < -0.4 is 4.90 Å². The second kappa shape index (κ2) is 7.88. The van der Waals surface area contributed by atoms with Gasteiger partial charge in [0.25, 0.3) is 0 Å². The van der Waals surface area contributed by atoms with E-state index in [4.69, 9.17) is 5.11 Å². The first kappa shape index (κ1) is 17.0. The Morgan fingerprint density at radius 1 is 1.12 bits per heavy atom. The lowest BCUT2D eigenvalue weighted by molar-refractivity contribution is 0.251. The molecule has 0 unspecified atom stereocenters. The standard InChI is InChI=1S/C21H21N3OS/c25-13-3-4-17-14-19(26-16-17)15-23-9-11-24(12-10-23)21-20-6-2-1-5-18(20)7-8-22-21/h1-2,5-8,14,16,25H,9-13,15H2. The number of rotatable bonds is 3. The van der Waals surface area contributed by atoms with Crippen molar-refractivity contribution in [3.8, 4) is 11.8 Å². The van der Waals surface area contributed by atoms with Crippen LogP contribution in [-0.2, 0) is 6.54 Å². The monoisotopic (exact) mass is 363 g/mol. The van der Waals surface area contributed by atoms with Crippen LogP contribution in [0, 0.1) is 11.8 Å². The van der Waals surface area contributed by atoms with Crippen LogP contribution in [0.2, 0.25) is 0 Å². The zero-order valence-electron chi connectivity index (χ0n) is 14.6. The van der Waals surface area contributed by atoms with Crippen molar-refractivity contribution in [2.24, 2.45) is 0 Å². The highest BCUT2D eigenvalue weighted by Gasteiger charge is 2.20. The molecular weight excluding hydrogens is 342 g/mol. The summed E-state index contributed by atoms with van der Waals surface area (Å²) in [6.45, 7) is 4.91. The Kier molecular flexibility index (Phi) is 5.16. The quantitative estimate of drug-likeness (QED) is 0.727. The van der Waals surface area contributed by atoms with E-state index in [1.807, 2.05) is 6.20 Å². The van der Waals surface area contributed by atoms with E-state index in [9.17, 15) is 0 Å². The van der Waals surface area contributed by atoms with Crippen LogP contribution in [0.15, 0.2) is 48.0 Å². The number of hydrogen-bond donors (Lipinski definition) is 1. The fourth-order valence-electron chi connectivity index (χ4n) is 3.36. The van der Waals surface area contributed by atoms with Gasteiger partial charge >= 0.3 is 0 Å². The van der Waals surface area contributed by atoms with E-state index in [0.717, 1.165) is 44.1 Å². The normalized spacial score (nSPS) is 15.0. The van der Waals surface area contributed by atoms with Crippen molar-refractivity contribution in [1.82, 2.24) is 9.88 Å². The molecule has 4 rings (SSSR count). The van der Waals surface area contributed by atoms with Crippen LogP contribution in [0.1, 0.15) is 10.4 Å². The SMILES string of the molecule is OCC#Cc1csc(CN2CCN(c3nccc4ccccc34)CC2)c1. The molecule has 3 heterocycles. The molecule has 0 aliphatic carbocycles. The predicted molar refractivity (Wildman–Crippen MR) is 108 cm³/mol. The van der Waals surface area contributed by atoms with Gasteiger partial charge in [-0.1, -0.05) is 36.1 Å². The molecule has 26 heavy (non-hydrogen) atoms. The van der Waals surface area contributed by atoms with Crippen molar-refractivity contribution in [3.05, 3.63) is 58.4 Å². The van der Waals surface area contributed by atoms with Gasteiger partial charge in [0.2, 0.25) is 0 Å². The molecule has 1 fully saturated rings. The van der Waals surface area contributed by atoms with Gasteiger partial charge in [0.1, 0.15) is 12.4 Å². The van der Waals surface area contributed by atoms with E-state index in [2.05, 4.69) is 68.4 Å². The number of piperazine rings is 1. The molecule has 0 amide bonds. The van der Waals surface area contributed by atoms with E-state index >= 15 is 0 Å². The van der Waals surface area contributed by atoms with Crippen molar-refractivity contribution in [3.63, 3.8) is 0 Å². The molecule has 1 saturated heterocycles. The van der Waals surface area contributed by atoms with Gasteiger partial charge in [0, 0.05) is 60.1 Å². The maximum atomic E-state index is 8.79. The number of aliphatic hydroxyl groups is 1. The van der Waals surface area contributed by atoms with Crippen LogP contribution in [0.3, 0.4) is 0 Å². The molecule has 1 N–H and O–H groups in total. The summed E-state index contributed by atoms with van der Waals surface area (Å²) in [5.41, 5.74) is 0.998. The Morgan fingerprint density at radius 2 is 1.96 bits per heavy atom. The van der Waals surface area contributed by atoms with E-state index in [-0.39, 0.29) is 6.61 Å². The van der Waals surface area contributed by atoms with E-state index < -0.39 is 0 Å². The average molecular weight is 363 g/mol. The smallest absolute Gasteiger partial charge is 0.136 e. The van der Waals surface area contributed by atoms with E-state index in [0.29, 0.717) is 0 Å². The maximum Gasteiger partial charge on any atom is 0.136 e. The Hall–Kier alpha value is -2.39. The van der Waals surface area contributed by atoms with Gasteiger partial charge in [-0.25, -0.2) is 4.98 Å². The van der Waals surface area contributed by atoms with Gasteiger partial charge in [0.15, 0.2) is 0 Å². The van der Waals surface area contributed by atoms with Gasteiger partial charge in [-0.15, -0.1) is 11.3 Å². The third-order valence-corrected chi connectivity index (χ3v) is 5.59. The summed E-state index contributed by atoms with van der Waals surface area (Å²) >= 11 is 1.74. The highest BCUT2D eigenvalue weighted by Crippen LogP contribution is 2.25. The van der Waals surface area contributed by atoms with Gasteiger partial charge in [-0.3, -0.25) is 4.90 Å². The molecule has 5 heteroatoms. The number of benzene rings is 1. The summed E-state index contributed by atoms with van der Waals surface area (Å²) in [6.07, 6.45) is 1.91. The van der Waals surface area contributed by atoms with Crippen LogP contribution in [0.25, 0.3) is 10.8 Å². The van der Waals surface area contributed by atoms with Gasteiger partial charge < -0.3 is 10.0 Å². The third-order valence-electron chi connectivity index (χ3n) is 4.67. The number of aliphatic hydroxyl groups excluding tert-OH is 1. The number of pyridine rings is 1. The van der Waals surface area contributed by atoms with Gasteiger partial charge in [-0.05, 0) is 17.5 Å². The van der Waals surface area contributed by atoms with Crippen molar-refractivity contribution in [1.29, 1.82) is 0 Å². The summed E-state index contributed by atoms with van der Waals surface area (Å²) in [7, 11) is 0. The number of hydrogen-bond acceptors (Lipinski definition) is 5. The molecule has 0 saturated carbocycles. The Bertz CT molecular complexity index is 943. The minimum atomic E-state index is -0.0880. The fraction of sp³-hybridized carbons (Fsp3) is 0.286. The summed E-state index contributed by atoms with van der Waals surface area (Å²) in [4.78, 5) is 10.8. The number of anilines is 1. The molecule has 132 valence electrons. The topological polar surface area (TPSA) is 39.6 Å². The zero-order chi connectivity index (χ0) is 17.8. The number of aromatic nitrogens is 1. The molecule has 1 aromatic carbocycles. The van der Waals surface area contributed by atoms with Crippen molar-refractivity contribution < 1.29 is 5.11 Å². The highest BCUT2D eigenvalue weighted by atomic mass is 32.1. The lowest BCUT2D eigenvalue weighted by Gasteiger charge is -2.35. The molecule has 1 aliphatic heterocycles. The summed E-state index contributed by atoms with van der Waals surface area (Å²) in [6, 6.07) is 12.7. The van der Waals surface area contributed by atoms with Crippen molar-refractivity contribution in [2.75, 3.05) is 37.7 Å². The van der Waals surface area contributed by atoms with Crippen LogP contribution in [-0.4, -0.2) is 47.8 Å². The minimum absolute atomic E-state index is 0.0880. The molecular formula is C21H21N3OS. The zero-order valence-corrected chi connectivity index (χ0v) is 15.4. The molecule has 0 radical (unpaired) electrons. The number of thiophene rings is 1. The van der Waals surface area contributed by atoms with Crippen LogP contribution in [0.5, 0.6) is 0 Å². The first-order chi connectivity index (χ1) is 12.8. The Labute approximate surface area is 157 Å².